The first-order chi connectivity index (χ1) is 12.7. The van der Waals surface area contributed by atoms with Gasteiger partial charge in [-0.1, -0.05) is 72.3 Å². The summed E-state index contributed by atoms with van der Waals surface area (Å²) in [7, 11) is 0. The molecule has 0 N–H and O–H groups in total. The Morgan fingerprint density at radius 2 is 1.65 bits per heavy atom. The molecule has 0 heterocycles. The highest BCUT2D eigenvalue weighted by atomic mass is 35.5. The average Bonchev–Trinajstić information content (AvgIpc) is 2.98. The molecule has 0 unspecified atom stereocenters. The van der Waals surface area contributed by atoms with Crippen LogP contribution >= 0.6 is 11.6 Å². The second kappa shape index (κ2) is 7.19. The maximum atomic E-state index is 12.6. The van der Waals surface area contributed by atoms with Gasteiger partial charge in [-0.05, 0) is 23.8 Å². The summed E-state index contributed by atoms with van der Waals surface area (Å²) in [6.45, 7) is 0.383. The van der Waals surface area contributed by atoms with E-state index in [0.29, 0.717) is 18.1 Å². The lowest BCUT2D eigenvalue weighted by atomic mass is 10.1. The molecule has 0 atom stereocenters. The van der Waals surface area contributed by atoms with Crippen molar-refractivity contribution >= 4 is 23.5 Å². The molecular formula is C23H17ClO2. The smallest absolute Gasteiger partial charge is 0.189 e. The Labute approximate surface area is 157 Å². The van der Waals surface area contributed by atoms with E-state index < -0.39 is 0 Å². The van der Waals surface area contributed by atoms with Crippen molar-refractivity contribution < 1.29 is 9.53 Å². The first-order valence-electron chi connectivity index (χ1n) is 8.51. The van der Waals surface area contributed by atoms with Crippen molar-refractivity contribution in [2.45, 2.75) is 13.0 Å². The number of rotatable bonds is 4. The Balaban J connectivity index is 1.59. The van der Waals surface area contributed by atoms with E-state index in [2.05, 4.69) is 0 Å². The summed E-state index contributed by atoms with van der Waals surface area (Å²) in [5.41, 5.74) is 4.50. The lowest BCUT2D eigenvalue weighted by Crippen LogP contribution is -1.99. The Kier molecular flexibility index (Phi) is 4.59. The van der Waals surface area contributed by atoms with Crippen molar-refractivity contribution in [3.05, 3.63) is 106 Å². The summed E-state index contributed by atoms with van der Waals surface area (Å²) >= 11 is 6.20. The lowest BCUT2D eigenvalue weighted by Gasteiger charge is -2.10. The number of hydrogen-bond donors (Lipinski definition) is 0. The zero-order chi connectivity index (χ0) is 17.9. The largest absolute Gasteiger partial charge is 0.488 e. The topological polar surface area (TPSA) is 26.3 Å². The van der Waals surface area contributed by atoms with Gasteiger partial charge in [-0.3, -0.25) is 4.79 Å². The van der Waals surface area contributed by atoms with Gasteiger partial charge in [-0.25, -0.2) is 0 Å². The molecule has 0 spiro atoms. The first kappa shape index (κ1) is 16.6. The van der Waals surface area contributed by atoms with Crippen LogP contribution in [-0.4, -0.2) is 5.78 Å². The number of carbonyl (C=O) groups excluding carboxylic acids is 1. The van der Waals surface area contributed by atoms with E-state index in [-0.39, 0.29) is 5.78 Å². The van der Waals surface area contributed by atoms with Crippen LogP contribution in [0.4, 0.5) is 0 Å². The van der Waals surface area contributed by atoms with Gasteiger partial charge in [0.05, 0.1) is 0 Å². The van der Waals surface area contributed by atoms with E-state index in [0.717, 1.165) is 33.6 Å². The molecule has 3 aromatic carbocycles. The molecule has 0 saturated carbocycles. The summed E-state index contributed by atoms with van der Waals surface area (Å²) in [5, 5.41) is 0.685. The molecule has 2 nitrogen and oxygen atoms in total. The zero-order valence-electron chi connectivity index (χ0n) is 14.1. The van der Waals surface area contributed by atoms with Gasteiger partial charge in [-0.15, -0.1) is 0 Å². The Morgan fingerprint density at radius 1 is 0.923 bits per heavy atom. The monoisotopic (exact) mass is 360 g/mol. The third-order valence-corrected chi connectivity index (χ3v) is 4.89. The van der Waals surface area contributed by atoms with Crippen molar-refractivity contribution in [2.75, 3.05) is 0 Å². The highest BCUT2D eigenvalue weighted by Gasteiger charge is 2.24. The van der Waals surface area contributed by atoms with E-state index in [4.69, 9.17) is 16.3 Å². The molecule has 0 amide bonds. The third kappa shape index (κ3) is 3.29. The van der Waals surface area contributed by atoms with Crippen molar-refractivity contribution in [2.24, 2.45) is 0 Å². The van der Waals surface area contributed by atoms with Crippen LogP contribution in [0.25, 0.3) is 6.08 Å². The fourth-order valence-corrected chi connectivity index (χ4v) is 3.35. The summed E-state index contributed by atoms with van der Waals surface area (Å²) in [6, 6.07) is 23.1. The zero-order valence-corrected chi connectivity index (χ0v) is 14.9. The molecule has 3 heteroatoms. The number of allylic oxidation sites excluding steroid dienone is 1. The van der Waals surface area contributed by atoms with Gasteiger partial charge in [0.25, 0.3) is 0 Å². The SMILES string of the molecule is O=C1/C(=C/c2ccccc2OCc2ccccc2Cl)Cc2ccccc21. The highest BCUT2D eigenvalue weighted by molar-refractivity contribution is 6.31. The van der Waals surface area contributed by atoms with Gasteiger partial charge in [0.1, 0.15) is 12.4 Å². The minimum atomic E-state index is 0.0986. The molecule has 0 fully saturated rings. The third-order valence-electron chi connectivity index (χ3n) is 4.52. The predicted octanol–water partition coefficient (Wildman–Crippen LogP) is 5.74. The van der Waals surface area contributed by atoms with Crippen LogP contribution in [0.1, 0.15) is 27.0 Å². The number of Topliss-reactive ketones (excluding diaryl/α,β-unsaturated/α-hetero) is 1. The van der Waals surface area contributed by atoms with Crippen LogP contribution in [0.2, 0.25) is 5.02 Å². The van der Waals surface area contributed by atoms with Gasteiger partial charge in [0.15, 0.2) is 5.78 Å². The summed E-state index contributed by atoms with van der Waals surface area (Å²) < 4.78 is 5.99. The number of fused-ring (bicyclic) bond motifs is 1. The van der Waals surface area contributed by atoms with E-state index in [9.17, 15) is 4.79 Å². The highest BCUT2D eigenvalue weighted by Crippen LogP contribution is 2.30. The van der Waals surface area contributed by atoms with Crippen LogP contribution in [0.15, 0.2) is 78.4 Å². The van der Waals surface area contributed by atoms with Crippen LogP contribution in [0, 0.1) is 0 Å². The molecule has 1 aliphatic rings. The van der Waals surface area contributed by atoms with Crippen LogP contribution in [0.3, 0.4) is 0 Å². The van der Waals surface area contributed by atoms with E-state index >= 15 is 0 Å². The number of halogens is 1. The van der Waals surface area contributed by atoms with Crippen molar-refractivity contribution in [3.8, 4) is 5.75 Å². The molecule has 0 aromatic heterocycles. The van der Waals surface area contributed by atoms with E-state index in [1.165, 1.54) is 0 Å². The van der Waals surface area contributed by atoms with Crippen molar-refractivity contribution in [1.82, 2.24) is 0 Å². The van der Waals surface area contributed by atoms with Gasteiger partial charge >= 0.3 is 0 Å². The first-order valence-corrected chi connectivity index (χ1v) is 8.88. The second-order valence-corrected chi connectivity index (χ2v) is 6.66. The molecule has 26 heavy (non-hydrogen) atoms. The van der Waals surface area contributed by atoms with Crippen molar-refractivity contribution in [3.63, 3.8) is 0 Å². The molecule has 0 bridgehead atoms. The van der Waals surface area contributed by atoms with Crippen LogP contribution in [0.5, 0.6) is 5.75 Å². The molecule has 0 saturated heterocycles. The summed E-state index contributed by atoms with van der Waals surface area (Å²) in [6.07, 6.45) is 2.60. The normalized spacial score (nSPS) is 14.5. The lowest BCUT2D eigenvalue weighted by molar-refractivity contribution is 0.104. The number of ether oxygens (including phenoxy) is 1. The molecule has 128 valence electrons. The average molecular weight is 361 g/mol. The fourth-order valence-electron chi connectivity index (χ4n) is 3.16. The quantitative estimate of drug-likeness (QED) is 0.554. The second-order valence-electron chi connectivity index (χ2n) is 6.25. The molecule has 0 radical (unpaired) electrons. The predicted molar refractivity (Wildman–Crippen MR) is 105 cm³/mol. The fraction of sp³-hybridized carbons (Fsp3) is 0.0870. The Hall–Kier alpha value is -2.84. The summed E-state index contributed by atoms with van der Waals surface area (Å²) in [5.74, 6) is 0.838. The minimum Gasteiger partial charge on any atom is -0.488 e. The number of ketones is 1. The van der Waals surface area contributed by atoms with E-state index in [1.807, 2.05) is 78.9 Å². The molecule has 3 aromatic rings. The number of para-hydroxylation sites is 1. The minimum absolute atomic E-state index is 0.0986. The molecule has 1 aliphatic carbocycles. The maximum absolute atomic E-state index is 12.6. The summed E-state index contributed by atoms with van der Waals surface area (Å²) in [4.78, 5) is 12.6. The van der Waals surface area contributed by atoms with Crippen molar-refractivity contribution in [1.29, 1.82) is 0 Å². The maximum Gasteiger partial charge on any atom is 0.189 e. The molecular weight excluding hydrogens is 344 g/mol. The van der Waals surface area contributed by atoms with Gasteiger partial charge in [0.2, 0.25) is 0 Å². The standard InChI is InChI=1S/C23H17ClO2/c24-21-11-5-2-9-18(21)15-26-22-12-6-3-8-17(22)14-19-13-16-7-1-4-10-20(16)23(19)25/h1-12,14H,13,15H2/b19-14+. The van der Waals surface area contributed by atoms with Gasteiger partial charge < -0.3 is 4.74 Å². The Bertz CT molecular complexity index is 1000. The number of benzene rings is 3. The number of hydrogen-bond acceptors (Lipinski definition) is 2. The Morgan fingerprint density at radius 3 is 2.50 bits per heavy atom. The molecule has 0 aliphatic heterocycles. The van der Waals surface area contributed by atoms with Crippen LogP contribution in [-0.2, 0) is 13.0 Å². The molecule has 4 rings (SSSR count). The van der Waals surface area contributed by atoms with Gasteiger partial charge in [0, 0.05) is 33.7 Å². The van der Waals surface area contributed by atoms with Gasteiger partial charge in [-0.2, -0.15) is 0 Å². The van der Waals surface area contributed by atoms with Crippen LogP contribution < -0.4 is 4.74 Å². The van der Waals surface area contributed by atoms with E-state index in [1.54, 1.807) is 0 Å². The number of carbonyl (C=O) groups is 1.